The highest BCUT2D eigenvalue weighted by Crippen LogP contribution is 2.37. The Bertz CT molecular complexity index is 867. The molecule has 1 heterocycles. The van der Waals surface area contributed by atoms with Gasteiger partial charge in [0.15, 0.2) is 12.4 Å². The second-order valence-electron chi connectivity index (χ2n) is 6.43. The lowest BCUT2D eigenvalue weighted by Crippen LogP contribution is -2.10. The normalized spacial score (nSPS) is 11.2. The van der Waals surface area contributed by atoms with Crippen LogP contribution < -0.4 is 15.1 Å². The number of ether oxygens (including phenoxy) is 2. The van der Waals surface area contributed by atoms with Gasteiger partial charge in [0, 0.05) is 0 Å². The Kier molecular flexibility index (Phi) is 8.39. The fourth-order valence-corrected chi connectivity index (χ4v) is 2.78. The van der Waals surface area contributed by atoms with Crippen LogP contribution in [0.4, 0.5) is 0 Å². The first kappa shape index (κ1) is 21.3. The molecular formula is C21H26O7. The molecule has 0 saturated carbocycles. The maximum Gasteiger partial charge on any atom is 0.383 e. The van der Waals surface area contributed by atoms with E-state index in [2.05, 4.69) is 6.92 Å². The largest absolute Gasteiger partial charge is 0.503 e. The smallest absolute Gasteiger partial charge is 0.383 e. The van der Waals surface area contributed by atoms with Crippen LogP contribution in [0.2, 0.25) is 0 Å². The number of allylic oxidation sites excluding steroid dienone is 1. The molecule has 0 fully saturated rings. The minimum Gasteiger partial charge on any atom is -0.503 e. The molecule has 152 valence electrons. The van der Waals surface area contributed by atoms with Gasteiger partial charge in [0.1, 0.15) is 16.7 Å². The fraction of sp³-hybridized carbons (Fsp3) is 0.429. The summed E-state index contributed by atoms with van der Waals surface area (Å²) in [7, 11) is 0. The molecule has 7 nitrogen and oxygen atoms in total. The second-order valence-corrected chi connectivity index (χ2v) is 6.43. The molecule has 28 heavy (non-hydrogen) atoms. The van der Waals surface area contributed by atoms with Crippen molar-refractivity contribution in [1.82, 2.24) is 0 Å². The lowest BCUT2D eigenvalue weighted by atomic mass is 10.1. The van der Waals surface area contributed by atoms with Gasteiger partial charge >= 0.3 is 11.6 Å². The van der Waals surface area contributed by atoms with Crippen LogP contribution in [0.3, 0.4) is 0 Å². The van der Waals surface area contributed by atoms with Gasteiger partial charge in [-0.15, -0.1) is 0 Å². The van der Waals surface area contributed by atoms with Crippen molar-refractivity contribution in [3.63, 3.8) is 0 Å². The maximum absolute atomic E-state index is 12.1. The Morgan fingerprint density at radius 3 is 2.68 bits per heavy atom. The number of carbonyl (C=O) groups is 1. The van der Waals surface area contributed by atoms with Crippen molar-refractivity contribution in [1.29, 1.82) is 0 Å². The van der Waals surface area contributed by atoms with Crippen molar-refractivity contribution in [3.05, 3.63) is 41.0 Å². The molecular weight excluding hydrogens is 364 g/mol. The highest BCUT2D eigenvalue weighted by atomic mass is 16.5. The molecule has 0 spiro atoms. The van der Waals surface area contributed by atoms with E-state index in [0.717, 1.165) is 19.3 Å². The second kappa shape index (κ2) is 11.0. The third-order valence-corrected chi connectivity index (χ3v) is 4.19. The predicted molar refractivity (Wildman–Crippen MR) is 105 cm³/mol. The third-order valence-electron chi connectivity index (χ3n) is 4.19. The molecule has 2 rings (SSSR count). The maximum atomic E-state index is 12.1. The van der Waals surface area contributed by atoms with E-state index in [-0.39, 0.29) is 22.5 Å². The Morgan fingerprint density at radius 1 is 1.18 bits per heavy atom. The van der Waals surface area contributed by atoms with E-state index in [4.69, 9.17) is 19.0 Å². The minimum atomic E-state index is -1.16. The number of rotatable bonds is 12. The average molecular weight is 390 g/mol. The summed E-state index contributed by atoms with van der Waals surface area (Å²) in [4.78, 5) is 22.8. The zero-order chi connectivity index (χ0) is 20.4. The van der Waals surface area contributed by atoms with Crippen LogP contribution in [0.15, 0.2) is 39.7 Å². The summed E-state index contributed by atoms with van der Waals surface area (Å²) in [5.41, 5.74) is -0.751. The highest BCUT2D eigenvalue weighted by molar-refractivity contribution is 5.91. The molecule has 0 aliphatic heterocycles. The molecule has 7 heteroatoms. The Balaban J connectivity index is 2.06. The van der Waals surface area contributed by atoms with Crippen molar-refractivity contribution in [2.24, 2.45) is 0 Å². The first-order valence-electron chi connectivity index (χ1n) is 9.49. The number of aliphatic carboxylic acids is 1. The molecule has 1 aromatic heterocycles. The fourth-order valence-electron chi connectivity index (χ4n) is 2.78. The van der Waals surface area contributed by atoms with Crippen LogP contribution in [0.25, 0.3) is 11.0 Å². The quantitative estimate of drug-likeness (QED) is 0.310. The molecule has 0 atom stereocenters. The van der Waals surface area contributed by atoms with Gasteiger partial charge < -0.3 is 24.1 Å². The summed E-state index contributed by atoms with van der Waals surface area (Å²) < 4.78 is 15.6. The zero-order valence-corrected chi connectivity index (χ0v) is 16.0. The SMILES string of the molecule is CCCCCCCCC=COc1c(O)c2c(OCC(=O)O)cccc2oc1=O. The van der Waals surface area contributed by atoms with E-state index >= 15 is 0 Å². The number of unbranched alkanes of at least 4 members (excludes halogenated alkanes) is 6. The highest BCUT2D eigenvalue weighted by Gasteiger charge is 2.19. The van der Waals surface area contributed by atoms with Crippen LogP contribution in [0.5, 0.6) is 17.2 Å². The van der Waals surface area contributed by atoms with E-state index in [1.165, 1.54) is 50.1 Å². The summed E-state index contributed by atoms with van der Waals surface area (Å²) in [5.74, 6) is -1.89. The van der Waals surface area contributed by atoms with Crippen molar-refractivity contribution in [3.8, 4) is 17.2 Å². The van der Waals surface area contributed by atoms with Gasteiger partial charge in [-0.05, 0) is 31.1 Å². The molecule has 0 aliphatic rings. The Labute approximate surface area is 163 Å². The molecule has 0 amide bonds. The first-order chi connectivity index (χ1) is 13.5. The molecule has 0 saturated heterocycles. The summed E-state index contributed by atoms with van der Waals surface area (Å²) in [5, 5.41) is 19.3. The lowest BCUT2D eigenvalue weighted by molar-refractivity contribution is -0.139. The van der Waals surface area contributed by atoms with Crippen molar-refractivity contribution >= 4 is 16.9 Å². The van der Waals surface area contributed by atoms with E-state index in [1.807, 2.05) is 0 Å². The molecule has 1 aromatic carbocycles. The van der Waals surface area contributed by atoms with Gasteiger partial charge in [-0.2, -0.15) is 0 Å². The number of benzene rings is 1. The summed E-state index contributed by atoms with van der Waals surface area (Å²) in [6, 6.07) is 4.48. The van der Waals surface area contributed by atoms with Gasteiger partial charge in [-0.25, -0.2) is 9.59 Å². The Hall–Kier alpha value is -2.96. The van der Waals surface area contributed by atoms with Crippen LogP contribution in [0.1, 0.15) is 51.9 Å². The molecule has 0 aliphatic carbocycles. The molecule has 0 bridgehead atoms. The van der Waals surface area contributed by atoms with Gasteiger partial charge in [-0.1, -0.05) is 45.1 Å². The minimum absolute atomic E-state index is 0.0776. The number of hydrogen-bond acceptors (Lipinski definition) is 6. The average Bonchev–Trinajstić information content (AvgIpc) is 2.66. The standard InChI is InChI=1S/C21H26O7/c1-2-3-4-5-6-7-8-9-13-26-20-19(24)18-15(27-14-17(22)23)11-10-12-16(18)28-21(20)25/h9-13,24H,2-8,14H2,1H3,(H,22,23). The number of aromatic hydroxyl groups is 1. The van der Waals surface area contributed by atoms with Gasteiger partial charge in [-0.3, -0.25) is 0 Å². The monoisotopic (exact) mass is 390 g/mol. The molecule has 0 unspecified atom stereocenters. The Morgan fingerprint density at radius 2 is 1.93 bits per heavy atom. The number of carboxylic acids is 1. The van der Waals surface area contributed by atoms with Crippen LogP contribution in [-0.2, 0) is 4.79 Å². The van der Waals surface area contributed by atoms with Crippen LogP contribution in [-0.4, -0.2) is 22.8 Å². The topological polar surface area (TPSA) is 106 Å². The first-order valence-corrected chi connectivity index (χ1v) is 9.49. The van der Waals surface area contributed by atoms with E-state index < -0.39 is 24.0 Å². The van der Waals surface area contributed by atoms with Crippen LogP contribution in [0, 0.1) is 0 Å². The number of hydrogen-bond donors (Lipinski definition) is 2. The van der Waals surface area contributed by atoms with Gasteiger partial charge in [0.2, 0.25) is 0 Å². The molecule has 2 N–H and O–H groups in total. The lowest BCUT2D eigenvalue weighted by Gasteiger charge is -2.10. The van der Waals surface area contributed by atoms with Crippen molar-refractivity contribution in [2.75, 3.05) is 6.61 Å². The van der Waals surface area contributed by atoms with Gasteiger partial charge in [0.25, 0.3) is 5.75 Å². The summed E-state index contributed by atoms with van der Waals surface area (Å²) in [6.07, 6.45) is 11.0. The zero-order valence-electron chi connectivity index (χ0n) is 16.0. The number of fused-ring (bicyclic) bond motifs is 1. The summed E-state index contributed by atoms with van der Waals surface area (Å²) >= 11 is 0. The van der Waals surface area contributed by atoms with E-state index in [1.54, 1.807) is 6.08 Å². The van der Waals surface area contributed by atoms with E-state index in [0.29, 0.717) is 0 Å². The predicted octanol–water partition coefficient (Wildman–Crippen LogP) is 4.61. The summed E-state index contributed by atoms with van der Waals surface area (Å²) in [6.45, 7) is 1.59. The third kappa shape index (κ3) is 6.04. The molecule has 0 radical (unpaired) electrons. The van der Waals surface area contributed by atoms with Crippen LogP contribution >= 0.6 is 0 Å². The number of carboxylic acid groups (broad SMARTS) is 1. The molecule has 2 aromatic rings. The van der Waals surface area contributed by atoms with Gasteiger partial charge in [0.05, 0.1) is 6.26 Å². The van der Waals surface area contributed by atoms with E-state index in [9.17, 15) is 14.7 Å². The van der Waals surface area contributed by atoms with Crippen molar-refractivity contribution in [2.45, 2.75) is 51.9 Å². The van der Waals surface area contributed by atoms with Crippen molar-refractivity contribution < 1.29 is 28.9 Å².